The van der Waals surface area contributed by atoms with Gasteiger partial charge in [0.15, 0.2) is 11.5 Å². The van der Waals surface area contributed by atoms with Crippen molar-refractivity contribution in [3.8, 4) is 11.5 Å². The van der Waals surface area contributed by atoms with E-state index in [1.165, 1.54) is 13.3 Å². The minimum Gasteiger partial charge on any atom is -0.492 e. The molecule has 0 bridgehead atoms. The zero-order chi connectivity index (χ0) is 15.1. The first-order valence-electron chi connectivity index (χ1n) is 5.62. The fraction of sp³-hybridized carbons (Fsp3) is 0.250. The highest BCUT2D eigenvalue weighted by molar-refractivity contribution is 9.10. The number of halogens is 1. The molecular weight excluding hydrogens is 330 g/mol. The van der Waals surface area contributed by atoms with Crippen molar-refractivity contribution in [2.75, 3.05) is 13.7 Å². The van der Waals surface area contributed by atoms with E-state index in [-0.39, 0.29) is 0 Å². The van der Waals surface area contributed by atoms with Crippen LogP contribution in [-0.2, 0) is 9.59 Å². The van der Waals surface area contributed by atoms with Crippen LogP contribution in [0, 0.1) is 0 Å². The van der Waals surface area contributed by atoms with E-state index in [1.54, 1.807) is 12.1 Å². The fourth-order valence-corrected chi connectivity index (χ4v) is 1.97. The van der Waals surface area contributed by atoms with Crippen LogP contribution < -0.4 is 20.6 Å². The summed E-state index contributed by atoms with van der Waals surface area (Å²) in [5.41, 5.74) is 7.42. The zero-order valence-electron chi connectivity index (χ0n) is 11.0. The molecule has 1 aromatic carbocycles. The molecular formula is C12H14BrN3O4. The number of carbonyl (C=O) groups is 2. The highest BCUT2D eigenvalue weighted by atomic mass is 79.9. The lowest BCUT2D eigenvalue weighted by Crippen LogP contribution is -2.32. The van der Waals surface area contributed by atoms with E-state index >= 15 is 0 Å². The highest BCUT2D eigenvalue weighted by Gasteiger charge is 2.10. The van der Waals surface area contributed by atoms with E-state index in [2.05, 4.69) is 21.0 Å². The Balaban J connectivity index is 2.93. The molecule has 108 valence electrons. The Bertz CT molecular complexity index is 546. The normalized spacial score (nSPS) is 10.3. The van der Waals surface area contributed by atoms with Crippen LogP contribution in [0.3, 0.4) is 0 Å². The second-order valence-electron chi connectivity index (χ2n) is 3.53. The second kappa shape index (κ2) is 7.49. The van der Waals surface area contributed by atoms with Crippen LogP contribution in [0.4, 0.5) is 0 Å². The lowest BCUT2D eigenvalue weighted by molar-refractivity contribution is -0.137. The van der Waals surface area contributed by atoms with Crippen LogP contribution in [0.2, 0.25) is 0 Å². The van der Waals surface area contributed by atoms with Gasteiger partial charge in [0.05, 0.1) is 24.4 Å². The fourth-order valence-electron chi connectivity index (χ4n) is 1.34. The quantitative estimate of drug-likeness (QED) is 0.468. The van der Waals surface area contributed by atoms with Crippen LogP contribution in [0.15, 0.2) is 21.7 Å². The smallest absolute Gasteiger partial charge is 0.329 e. The minimum atomic E-state index is -1.10. The zero-order valence-corrected chi connectivity index (χ0v) is 12.6. The average Bonchev–Trinajstić information content (AvgIpc) is 2.38. The summed E-state index contributed by atoms with van der Waals surface area (Å²) in [6, 6.07) is 3.41. The molecule has 20 heavy (non-hydrogen) atoms. The summed E-state index contributed by atoms with van der Waals surface area (Å²) in [6.07, 6.45) is 1.35. The third-order valence-corrected chi connectivity index (χ3v) is 2.73. The number of benzene rings is 1. The van der Waals surface area contributed by atoms with Gasteiger partial charge in [-0.05, 0) is 40.5 Å². The standard InChI is InChI=1S/C12H14BrN3O4/c1-3-20-9-5-7(4-8(13)10(9)19-2)6-15-16-12(18)11(14)17/h4-6H,3H2,1-2H3,(H2,14,17)(H,16,18)/b15-6-. The number of hydrogen-bond donors (Lipinski definition) is 2. The molecule has 0 aliphatic heterocycles. The number of carbonyl (C=O) groups excluding carboxylic acids is 2. The number of amides is 2. The summed E-state index contributed by atoms with van der Waals surface area (Å²) in [7, 11) is 1.53. The summed E-state index contributed by atoms with van der Waals surface area (Å²) >= 11 is 3.34. The van der Waals surface area contributed by atoms with Crippen molar-refractivity contribution in [2.24, 2.45) is 10.8 Å². The SMILES string of the molecule is CCOc1cc(/C=N\NC(=O)C(N)=O)cc(Br)c1OC. The third kappa shape index (κ3) is 4.23. The molecule has 0 aliphatic rings. The van der Waals surface area contributed by atoms with E-state index in [9.17, 15) is 9.59 Å². The molecule has 8 heteroatoms. The van der Waals surface area contributed by atoms with Gasteiger partial charge in [0.25, 0.3) is 0 Å². The van der Waals surface area contributed by atoms with Crippen molar-refractivity contribution in [3.63, 3.8) is 0 Å². The monoisotopic (exact) mass is 343 g/mol. The molecule has 0 spiro atoms. The van der Waals surface area contributed by atoms with Crippen LogP contribution >= 0.6 is 15.9 Å². The first kappa shape index (κ1) is 16.0. The molecule has 0 aliphatic carbocycles. The van der Waals surface area contributed by atoms with Gasteiger partial charge in [-0.1, -0.05) is 0 Å². The predicted molar refractivity (Wildman–Crippen MR) is 76.8 cm³/mol. The van der Waals surface area contributed by atoms with Crippen molar-refractivity contribution in [1.82, 2.24) is 5.43 Å². The maximum atomic E-state index is 10.9. The molecule has 0 atom stereocenters. The Morgan fingerprint density at radius 1 is 1.50 bits per heavy atom. The maximum absolute atomic E-state index is 10.9. The van der Waals surface area contributed by atoms with Gasteiger partial charge in [-0.2, -0.15) is 5.10 Å². The van der Waals surface area contributed by atoms with Crippen molar-refractivity contribution in [3.05, 3.63) is 22.2 Å². The molecule has 0 aromatic heterocycles. The number of nitrogens with zero attached hydrogens (tertiary/aromatic N) is 1. The largest absolute Gasteiger partial charge is 0.492 e. The van der Waals surface area contributed by atoms with E-state index < -0.39 is 11.8 Å². The molecule has 0 unspecified atom stereocenters. The topological polar surface area (TPSA) is 103 Å². The molecule has 0 saturated heterocycles. The van der Waals surface area contributed by atoms with Crippen LogP contribution in [0.5, 0.6) is 11.5 Å². The number of ether oxygens (including phenoxy) is 2. The summed E-state index contributed by atoms with van der Waals surface area (Å²) < 4.78 is 11.3. The van der Waals surface area contributed by atoms with E-state index in [4.69, 9.17) is 15.2 Å². The maximum Gasteiger partial charge on any atom is 0.329 e. The molecule has 1 rings (SSSR count). The predicted octanol–water partition coefficient (Wildman–Crippen LogP) is 0.792. The number of hydrogen-bond acceptors (Lipinski definition) is 5. The minimum absolute atomic E-state index is 0.474. The second-order valence-corrected chi connectivity index (χ2v) is 4.38. The van der Waals surface area contributed by atoms with Gasteiger partial charge in [-0.3, -0.25) is 9.59 Å². The van der Waals surface area contributed by atoms with Gasteiger partial charge in [-0.15, -0.1) is 0 Å². The first-order chi connectivity index (χ1) is 9.49. The third-order valence-electron chi connectivity index (χ3n) is 2.14. The Morgan fingerprint density at radius 3 is 2.75 bits per heavy atom. The summed E-state index contributed by atoms with van der Waals surface area (Å²) in [5.74, 6) is -0.996. The highest BCUT2D eigenvalue weighted by Crippen LogP contribution is 2.36. The number of methoxy groups -OCH3 is 1. The lowest BCUT2D eigenvalue weighted by atomic mass is 10.2. The molecule has 0 fully saturated rings. The number of hydrazone groups is 1. The Morgan fingerprint density at radius 2 is 2.20 bits per heavy atom. The summed E-state index contributed by atoms with van der Waals surface area (Å²) in [5, 5.41) is 3.62. The van der Waals surface area contributed by atoms with E-state index in [0.717, 1.165) is 0 Å². The Kier molecular flexibility index (Phi) is 5.98. The molecule has 0 radical (unpaired) electrons. The average molecular weight is 344 g/mol. The molecule has 3 N–H and O–H groups in total. The van der Waals surface area contributed by atoms with Gasteiger partial charge < -0.3 is 15.2 Å². The van der Waals surface area contributed by atoms with Gasteiger partial charge >= 0.3 is 11.8 Å². The molecule has 7 nitrogen and oxygen atoms in total. The van der Waals surface area contributed by atoms with Crippen molar-refractivity contribution in [1.29, 1.82) is 0 Å². The number of primary amides is 1. The summed E-state index contributed by atoms with van der Waals surface area (Å²) in [6.45, 7) is 2.32. The Labute approximate surface area is 124 Å². The summed E-state index contributed by atoms with van der Waals surface area (Å²) in [4.78, 5) is 21.4. The molecule has 0 heterocycles. The van der Waals surface area contributed by atoms with E-state index in [0.29, 0.717) is 28.1 Å². The molecule has 0 saturated carbocycles. The van der Waals surface area contributed by atoms with Gasteiger partial charge in [0, 0.05) is 0 Å². The van der Waals surface area contributed by atoms with Crippen molar-refractivity contribution < 1.29 is 19.1 Å². The van der Waals surface area contributed by atoms with Gasteiger partial charge in [0.2, 0.25) is 0 Å². The number of rotatable bonds is 5. The molecule has 1 aromatic rings. The Hall–Kier alpha value is -2.09. The van der Waals surface area contributed by atoms with Crippen LogP contribution in [0.1, 0.15) is 12.5 Å². The first-order valence-corrected chi connectivity index (χ1v) is 6.42. The van der Waals surface area contributed by atoms with Crippen LogP contribution in [-0.4, -0.2) is 31.7 Å². The molecule has 2 amide bonds. The van der Waals surface area contributed by atoms with Crippen molar-refractivity contribution in [2.45, 2.75) is 6.92 Å². The number of nitrogens with one attached hydrogen (secondary N) is 1. The number of nitrogens with two attached hydrogens (primary N) is 1. The van der Waals surface area contributed by atoms with Crippen molar-refractivity contribution >= 4 is 34.0 Å². The van der Waals surface area contributed by atoms with Gasteiger partial charge in [0.1, 0.15) is 0 Å². The van der Waals surface area contributed by atoms with Gasteiger partial charge in [-0.25, -0.2) is 5.43 Å². The van der Waals surface area contributed by atoms with Crippen LogP contribution in [0.25, 0.3) is 0 Å². The van der Waals surface area contributed by atoms with E-state index in [1.807, 2.05) is 12.3 Å². The lowest BCUT2D eigenvalue weighted by Gasteiger charge is -2.11.